The Morgan fingerprint density at radius 1 is 1.24 bits per heavy atom. The second-order valence-corrected chi connectivity index (χ2v) is 6.12. The number of aromatic nitrogens is 2. The van der Waals surface area contributed by atoms with Gasteiger partial charge in [0.2, 0.25) is 5.88 Å². The Hall–Kier alpha value is -1.17. The number of halogens is 2. The van der Waals surface area contributed by atoms with Gasteiger partial charge in [-0.25, -0.2) is 4.98 Å². The molecule has 2 rings (SSSR count). The minimum atomic E-state index is 0.286. The molecule has 0 saturated carbocycles. The normalized spacial score (nSPS) is 11.0. The van der Waals surface area contributed by atoms with E-state index in [2.05, 4.69) is 39.7 Å². The summed E-state index contributed by atoms with van der Waals surface area (Å²) in [6.45, 7) is 4.50. The van der Waals surface area contributed by atoms with Crippen molar-refractivity contribution in [3.05, 3.63) is 45.3 Å². The maximum atomic E-state index is 5.99. The molecule has 21 heavy (non-hydrogen) atoms. The zero-order valence-electron chi connectivity index (χ0n) is 12.1. The first kappa shape index (κ1) is 16.2. The highest BCUT2D eigenvalue weighted by atomic mass is 79.9. The van der Waals surface area contributed by atoms with E-state index in [1.807, 2.05) is 18.2 Å². The lowest BCUT2D eigenvalue weighted by molar-refractivity contribution is 0.177. The Labute approximate surface area is 137 Å². The minimum absolute atomic E-state index is 0.286. The van der Waals surface area contributed by atoms with Crippen molar-refractivity contribution in [2.24, 2.45) is 0 Å². The Bertz CT molecular complexity index is 635. The van der Waals surface area contributed by atoms with Crippen molar-refractivity contribution < 1.29 is 9.47 Å². The van der Waals surface area contributed by atoms with Crippen molar-refractivity contribution in [1.82, 2.24) is 9.97 Å². The zero-order chi connectivity index (χ0) is 15.4. The van der Waals surface area contributed by atoms with E-state index >= 15 is 0 Å². The molecule has 0 unspecified atom stereocenters. The monoisotopic (exact) mass is 370 g/mol. The number of benzene rings is 1. The lowest BCUT2D eigenvalue weighted by atomic mass is 10.0. The highest BCUT2D eigenvalue weighted by molar-refractivity contribution is 9.10. The lowest BCUT2D eigenvalue weighted by Gasteiger charge is -2.14. The zero-order valence-corrected chi connectivity index (χ0v) is 14.4. The molecule has 1 aromatic carbocycles. The van der Waals surface area contributed by atoms with Crippen LogP contribution in [0.25, 0.3) is 0 Å². The van der Waals surface area contributed by atoms with E-state index in [9.17, 15) is 0 Å². The summed E-state index contributed by atoms with van der Waals surface area (Å²) in [6.07, 6.45) is 0. The van der Waals surface area contributed by atoms with Crippen molar-refractivity contribution >= 4 is 27.5 Å². The summed E-state index contributed by atoms with van der Waals surface area (Å²) >= 11 is 9.46. The molecule has 0 saturated heterocycles. The summed E-state index contributed by atoms with van der Waals surface area (Å²) in [5, 5.41) is 0.329. The van der Waals surface area contributed by atoms with Crippen LogP contribution in [0.1, 0.15) is 31.2 Å². The number of ether oxygens (including phenoxy) is 2. The van der Waals surface area contributed by atoms with Crippen LogP contribution in [0.15, 0.2) is 28.7 Å². The standard InChI is InChI=1S/C15H16BrClN2O2/c1-9(2)11-6-10(16)4-5-12(11)21-15-7-13(17)18-14(19-15)8-20-3/h4-7,9H,8H2,1-3H3. The maximum absolute atomic E-state index is 5.99. The van der Waals surface area contributed by atoms with Gasteiger partial charge in [-0.1, -0.05) is 41.4 Å². The molecule has 0 amide bonds. The van der Waals surface area contributed by atoms with Crippen LogP contribution in [-0.2, 0) is 11.3 Å². The van der Waals surface area contributed by atoms with Gasteiger partial charge in [0.1, 0.15) is 17.5 Å². The van der Waals surface area contributed by atoms with Crippen LogP contribution in [-0.4, -0.2) is 17.1 Å². The summed E-state index contributed by atoms with van der Waals surface area (Å²) in [6, 6.07) is 7.47. The average Bonchev–Trinajstić information content (AvgIpc) is 2.40. The smallest absolute Gasteiger partial charge is 0.224 e. The second kappa shape index (κ2) is 7.20. The largest absolute Gasteiger partial charge is 0.439 e. The van der Waals surface area contributed by atoms with Crippen molar-refractivity contribution in [3.63, 3.8) is 0 Å². The molecule has 1 aromatic heterocycles. The predicted molar refractivity (Wildman–Crippen MR) is 86.1 cm³/mol. The second-order valence-electron chi connectivity index (χ2n) is 4.82. The third kappa shape index (κ3) is 4.40. The molecule has 0 aliphatic heterocycles. The third-order valence-corrected chi connectivity index (χ3v) is 3.49. The van der Waals surface area contributed by atoms with Crippen LogP contribution >= 0.6 is 27.5 Å². The molecule has 0 spiro atoms. The fraction of sp³-hybridized carbons (Fsp3) is 0.333. The van der Waals surface area contributed by atoms with Gasteiger partial charge in [-0.05, 0) is 29.7 Å². The van der Waals surface area contributed by atoms with Crippen LogP contribution in [0.5, 0.6) is 11.6 Å². The summed E-state index contributed by atoms with van der Waals surface area (Å²) in [4.78, 5) is 8.37. The summed E-state index contributed by atoms with van der Waals surface area (Å²) in [5.74, 6) is 1.98. The van der Waals surface area contributed by atoms with Gasteiger partial charge in [-0.2, -0.15) is 4.98 Å². The molecule has 112 valence electrons. The lowest BCUT2D eigenvalue weighted by Crippen LogP contribution is -2.01. The van der Waals surface area contributed by atoms with E-state index in [-0.39, 0.29) is 6.61 Å². The Kier molecular flexibility index (Phi) is 5.56. The van der Waals surface area contributed by atoms with E-state index in [1.165, 1.54) is 0 Å². The van der Waals surface area contributed by atoms with E-state index in [0.717, 1.165) is 15.8 Å². The van der Waals surface area contributed by atoms with Crippen molar-refractivity contribution in [2.45, 2.75) is 26.4 Å². The molecule has 0 N–H and O–H groups in total. The molecule has 0 aliphatic carbocycles. The van der Waals surface area contributed by atoms with Crippen LogP contribution in [0.4, 0.5) is 0 Å². The topological polar surface area (TPSA) is 44.2 Å². The molecule has 0 aliphatic rings. The fourth-order valence-electron chi connectivity index (χ4n) is 1.86. The van der Waals surface area contributed by atoms with Gasteiger partial charge in [0.15, 0.2) is 5.82 Å². The van der Waals surface area contributed by atoms with Gasteiger partial charge in [0.05, 0.1) is 0 Å². The number of nitrogens with zero attached hydrogens (tertiary/aromatic N) is 2. The SMILES string of the molecule is COCc1nc(Cl)cc(Oc2ccc(Br)cc2C(C)C)n1. The Morgan fingerprint density at radius 2 is 2.00 bits per heavy atom. The first-order chi connectivity index (χ1) is 9.99. The highest BCUT2D eigenvalue weighted by Crippen LogP contribution is 2.32. The molecule has 1 heterocycles. The van der Waals surface area contributed by atoms with Crippen molar-refractivity contribution in [2.75, 3.05) is 7.11 Å². The van der Waals surface area contributed by atoms with Gasteiger partial charge in [-0.15, -0.1) is 0 Å². The van der Waals surface area contributed by atoms with E-state index in [4.69, 9.17) is 21.1 Å². The van der Waals surface area contributed by atoms with Crippen molar-refractivity contribution in [3.8, 4) is 11.6 Å². The molecular formula is C15H16BrClN2O2. The number of rotatable bonds is 5. The van der Waals surface area contributed by atoms with Gasteiger partial charge < -0.3 is 9.47 Å². The molecule has 2 aromatic rings. The van der Waals surface area contributed by atoms with Crippen LogP contribution < -0.4 is 4.74 Å². The maximum Gasteiger partial charge on any atom is 0.224 e. The van der Waals surface area contributed by atoms with Gasteiger partial charge in [0.25, 0.3) is 0 Å². The molecule has 0 bridgehead atoms. The molecule has 0 atom stereocenters. The van der Waals surface area contributed by atoms with Gasteiger partial charge in [0, 0.05) is 17.6 Å². The highest BCUT2D eigenvalue weighted by Gasteiger charge is 2.12. The van der Waals surface area contributed by atoms with E-state index < -0.39 is 0 Å². The minimum Gasteiger partial charge on any atom is -0.439 e. The molecule has 0 radical (unpaired) electrons. The Morgan fingerprint density at radius 3 is 2.67 bits per heavy atom. The third-order valence-electron chi connectivity index (χ3n) is 2.80. The van der Waals surface area contributed by atoms with E-state index in [0.29, 0.717) is 22.8 Å². The molecule has 4 nitrogen and oxygen atoms in total. The first-order valence-corrected chi connectivity index (χ1v) is 7.66. The Balaban J connectivity index is 2.33. The molecule has 6 heteroatoms. The van der Waals surface area contributed by atoms with Crippen molar-refractivity contribution in [1.29, 1.82) is 0 Å². The molecule has 0 fully saturated rings. The van der Waals surface area contributed by atoms with Crippen LogP contribution in [0, 0.1) is 0 Å². The van der Waals surface area contributed by atoms with Crippen LogP contribution in [0.2, 0.25) is 5.15 Å². The van der Waals surface area contributed by atoms with Gasteiger partial charge >= 0.3 is 0 Å². The molecular weight excluding hydrogens is 356 g/mol. The number of methoxy groups -OCH3 is 1. The quantitative estimate of drug-likeness (QED) is 0.697. The summed E-state index contributed by atoms with van der Waals surface area (Å²) in [7, 11) is 1.58. The average molecular weight is 372 g/mol. The summed E-state index contributed by atoms with van der Waals surface area (Å²) < 4.78 is 11.9. The predicted octanol–water partition coefficient (Wildman–Crippen LogP) is 4.95. The van der Waals surface area contributed by atoms with E-state index in [1.54, 1.807) is 13.2 Å². The summed E-state index contributed by atoms with van der Waals surface area (Å²) in [5.41, 5.74) is 1.09. The van der Waals surface area contributed by atoms with Gasteiger partial charge in [-0.3, -0.25) is 0 Å². The first-order valence-electron chi connectivity index (χ1n) is 6.49. The number of hydrogen-bond acceptors (Lipinski definition) is 4. The van der Waals surface area contributed by atoms with Crippen LogP contribution in [0.3, 0.4) is 0 Å². The fourth-order valence-corrected chi connectivity index (χ4v) is 2.43. The number of hydrogen-bond donors (Lipinski definition) is 0.